The molecule has 2 aromatic carbocycles. The van der Waals surface area contributed by atoms with Crippen molar-refractivity contribution in [1.82, 2.24) is 9.55 Å². The third kappa shape index (κ3) is 2.46. The number of nitrogens with zero attached hydrogens (tertiary/aromatic N) is 2. The second-order valence-electron chi connectivity index (χ2n) is 4.66. The van der Waals surface area contributed by atoms with E-state index in [2.05, 4.69) is 20.9 Å². The van der Waals surface area contributed by atoms with E-state index < -0.39 is 6.04 Å². The molecule has 102 valence electrons. The Hall–Kier alpha value is -1.72. The van der Waals surface area contributed by atoms with Gasteiger partial charge >= 0.3 is 0 Å². The van der Waals surface area contributed by atoms with Crippen LogP contribution in [0.25, 0.3) is 11.0 Å². The fraction of sp³-hybridized carbons (Fsp3) is 0.133. The highest BCUT2D eigenvalue weighted by molar-refractivity contribution is 9.10. The van der Waals surface area contributed by atoms with Crippen LogP contribution >= 0.6 is 15.9 Å². The molecule has 0 amide bonds. The fourth-order valence-electron chi connectivity index (χ4n) is 2.26. The molecule has 0 aliphatic carbocycles. The SMILES string of the molecule is NC(Cn1cnc2ccccc21)c1cc(Br)ccc1F. The minimum atomic E-state index is -0.426. The summed E-state index contributed by atoms with van der Waals surface area (Å²) in [5.41, 5.74) is 8.54. The van der Waals surface area contributed by atoms with Crippen molar-refractivity contribution in [3.05, 3.63) is 64.6 Å². The van der Waals surface area contributed by atoms with E-state index in [0.29, 0.717) is 12.1 Å². The van der Waals surface area contributed by atoms with Crippen molar-refractivity contribution >= 4 is 27.0 Å². The third-order valence-corrected chi connectivity index (χ3v) is 3.77. The van der Waals surface area contributed by atoms with Crippen LogP contribution in [-0.2, 0) is 6.54 Å². The second-order valence-corrected chi connectivity index (χ2v) is 5.57. The number of aromatic nitrogens is 2. The zero-order valence-corrected chi connectivity index (χ0v) is 12.2. The maximum Gasteiger partial charge on any atom is 0.128 e. The number of imidazole rings is 1. The Bertz CT molecular complexity index is 754. The van der Waals surface area contributed by atoms with Crippen LogP contribution in [0.1, 0.15) is 11.6 Å². The lowest BCUT2D eigenvalue weighted by atomic mass is 10.1. The van der Waals surface area contributed by atoms with Gasteiger partial charge in [-0.05, 0) is 30.3 Å². The first-order valence-corrected chi connectivity index (χ1v) is 7.05. The average molecular weight is 334 g/mol. The van der Waals surface area contributed by atoms with Gasteiger partial charge in [-0.15, -0.1) is 0 Å². The summed E-state index contributed by atoms with van der Waals surface area (Å²) in [5, 5.41) is 0. The normalized spacial score (nSPS) is 12.8. The molecule has 0 bridgehead atoms. The molecule has 3 aromatic rings. The predicted molar refractivity (Wildman–Crippen MR) is 80.8 cm³/mol. The Morgan fingerprint density at radius 3 is 2.90 bits per heavy atom. The van der Waals surface area contributed by atoms with Crippen LogP contribution < -0.4 is 5.73 Å². The Balaban J connectivity index is 1.92. The maximum atomic E-state index is 13.8. The van der Waals surface area contributed by atoms with Crippen LogP contribution in [0.5, 0.6) is 0 Å². The molecule has 0 fully saturated rings. The van der Waals surface area contributed by atoms with Crippen molar-refractivity contribution in [1.29, 1.82) is 0 Å². The lowest BCUT2D eigenvalue weighted by Crippen LogP contribution is -2.18. The van der Waals surface area contributed by atoms with Crippen molar-refractivity contribution in [3.63, 3.8) is 0 Å². The highest BCUT2D eigenvalue weighted by Gasteiger charge is 2.14. The van der Waals surface area contributed by atoms with Crippen molar-refractivity contribution < 1.29 is 4.39 Å². The number of fused-ring (bicyclic) bond motifs is 1. The molecule has 20 heavy (non-hydrogen) atoms. The van der Waals surface area contributed by atoms with Gasteiger partial charge in [0.05, 0.1) is 23.4 Å². The Morgan fingerprint density at radius 1 is 1.25 bits per heavy atom. The molecule has 0 aliphatic rings. The van der Waals surface area contributed by atoms with Crippen LogP contribution in [0.4, 0.5) is 4.39 Å². The number of hydrogen-bond acceptors (Lipinski definition) is 2. The number of rotatable bonds is 3. The van der Waals surface area contributed by atoms with Crippen LogP contribution in [-0.4, -0.2) is 9.55 Å². The van der Waals surface area contributed by atoms with E-state index in [1.165, 1.54) is 6.07 Å². The summed E-state index contributed by atoms with van der Waals surface area (Å²) < 4.78 is 16.6. The number of halogens is 2. The van der Waals surface area contributed by atoms with Crippen LogP contribution in [0, 0.1) is 5.82 Å². The molecule has 0 radical (unpaired) electrons. The summed E-state index contributed by atoms with van der Waals surface area (Å²) >= 11 is 3.34. The largest absolute Gasteiger partial charge is 0.329 e. The summed E-state index contributed by atoms with van der Waals surface area (Å²) in [6, 6.07) is 12.2. The molecule has 5 heteroatoms. The number of hydrogen-bond donors (Lipinski definition) is 1. The van der Waals surface area contributed by atoms with Crippen molar-refractivity contribution in [2.45, 2.75) is 12.6 Å². The monoisotopic (exact) mass is 333 g/mol. The first-order chi connectivity index (χ1) is 9.65. The molecule has 1 unspecified atom stereocenters. The Labute approximate surface area is 124 Å². The third-order valence-electron chi connectivity index (χ3n) is 3.28. The zero-order chi connectivity index (χ0) is 14.1. The van der Waals surface area contributed by atoms with Crippen LogP contribution in [0.2, 0.25) is 0 Å². The number of benzene rings is 2. The lowest BCUT2D eigenvalue weighted by Gasteiger charge is -2.14. The van der Waals surface area contributed by atoms with E-state index in [-0.39, 0.29) is 5.82 Å². The predicted octanol–water partition coefficient (Wildman–Crippen LogP) is 3.64. The molecule has 1 atom stereocenters. The van der Waals surface area contributed by atoms with Crippen molar-refractivity contribution in [2.75, 3.05) is 0 Å². The van der Waals surface area contributed by atoms with Crippen LogP contribution in [0.3, 0.4) is 0 Å². The van der Waals surface area contributed by atoms with Gasteiger partial charge in [0.2, 0.25) is 0 Å². The summed E-state index contributed by atoms with van der Waals surface area (Å²) in [6.07, 6.45) is 1.74. The zero-order valence-electron chi connectivity index (χ0n) is 10.6. The van der Waals surface area contributed by atoms with Gasteiger partial charge < -0.3 is 10.3 Å². The molecule has 1 heterocycles. The van der Waals surface area contributed by atoms with Gasteiger partial charge in [0.25, 0.3) is 0 Å². The fourth-order valence-corrected chi connectivity index (χ4v) is 2.64. The van der Waals surface area contributed by atoms with E-state index in [1.54, 1.807) is 18.5 Å². The van der Waals surface area contributed by atoms with Crippen molar-refractivity contribution in [2.24, 2.45) is 5.73 Å². The molecule has 3 rings (SSSR count). The topological polar surface area (TPSA) is 43.8 Å². The van der Waals surface area contributed by atoms with Crippen molar-refractivity contribution in [3.8, 4) is 0 Å². The molecule has 3 nitrogen and oxygen atoms in total. The van der Waals surface area contributed by atoms with Gasteiger partial charge in [-0.25, -0.2) is 9.37 Å². The first-order valence-electron chi connectivity index (χ1n) is 6.25. The standard InChI is InChI=1S/C15H13BrFN3/c16-10-5-6-12(17)11(7-10)13(18)8-20-9-19-14-3-1-2-4-15(14)20/h1-7,9,13H,8,18H2. The molecule has 0 saturated heterocycles. The smallest absolute Gasteiger partial charge is 0.128 e. The van der Waals surface area contributed by atoms with E-state index >= 15 is 0 Å². The molecule has 0 spiro atoms. The summed E-state index contributed by atoms with van der Waals surface area (Å²) in [6.45, 7) is 0.480. The first kappa shape index (κ1) is 13.3. The summed E-state index contributed by atoms with van der Waals surface area (Å²) in [4.78, 5) is 4.31. The van der Waals surface area contributed by atoms with Gasteiger partial charge in [0.1, 0.15) is 5.82 Å². The highest BCUT2D eigenvalue weighted by Crippen LogP contribution is 2.23. The van der Waals surface area contributed by atoms with E-state index in [9.17, 15) is 4.39 Å². The molecular formula is C15H13BrFN3. The molecule has 0 aliphatic heterocycles. The molecule has 0 saturated carbocycles. The average Bonchev–Trinajstić information content (AvgIpc) is 2.85. The minimum absolute atomic E-state index is 0.287. The molecule has 1 aromatic heterocycles. The number of para-hydroxylation sites is 2. The summed E-state index contributed by atoms with van der Waals surface area (Å²) in [5.74, 6) is -0.287. The number of nitrogens with two attached hydrogens (primary N) is 1. The molecule has 2 N–H and O–H groups in total. The maximum absolute atomic E-state index is 13.8. The minimum Gasteiger partial charge on any atom is -0.329 e. The van der Waals surface area contributed by atoms with Gasteiger partial charge in [0, 0.05) is 16.6 Å². The summed E-state index contributed by atoms with van der Waals surface area (Å²) in [7, 11) is 0. The Kier molecular flexibility index (Phi) is 3.54. The quantitative estimate of drug-likeness (QED) is 0.795. The second kappa shape index (κ2) is 5.34. The van der Waals surface area contributed by atoms with Gasteiger partial charge in [0.15, 0.2) is 0 Å². The highest BCUT2D eigenvalue weighted by atomic mass is 79.9. The Morgan fingerprint density at radius 2 is 2.05 bits per heavy atom. The van der Waals surface area contributed by atoms with E-state index in [0.717, 1.165) is 15.5 Å². The van der Waals surface area contributed by atoms with Gasteiger partial charge in [-0.1, -0.05) is 28.1 Å². The van der Waals surface area contributed by atoms with E-state index in [1.807, 2.05) is 28.8 Å². The van der Waals surface area contributed by atoms with Gasteiger partial charge in [-0.3, -0.25) is 0 Å². The van der Waals surface area contributed by atoms with Gasteiger partial charge in [-0.2, -0.15) is 0 Å². The van der Waals surface area contributed by atoms with E-state index in [4.69, 9.17) is 5.73 Å². The molecular weight excluding hydrogens is 321 g/mol. The lowest BCUT2D eigenvalue weighted by molar-refractivity contribution is 0.537. The van der Waals surface area contributed by atoms with Crippen LogP contribution in [0.15, 0.2) is 53.3 Å².